The minimum atomic E-state index is -0.522. The maximum Gasteiger partial charge on any atom is 0.410 e. The van der Waals surface area contributed by atoms with Gasteiger partial charge >= 0.3 is 12.1 Å². The molecule has 1 rings (SSSR count). The minimum Gasteiger partial charge on any atom is -0.468 e. The smallest absolute Gasteiger partial charge is 0.410 e. The van der Waals surface area contributed by atoms with E-state index in [4.69, 9.17) is 4.74 Å². The zero-order chi connectivity index (χ0) is 13.4. The van der Waals surface area contributed by atoms with Crippen LogP contribution in [0.3, 0.4) is 0 Å². The molecular weight excluding hydrogens is 234 g/mol. The Morgan fingerprint density at radius 2 is 1.89 bits per heavy atom. The summed E-state index contributed by atoms with van der Waals surface area (Å²) in [6, 6.07) is 9.39. The van der Waals surface area contributed by atoms with Crippen LogP contribution in [0.5, 0.6) is 0 Å². The highest BCUT2D eigenvalue weighted by molar-refractivity contribution is 5.77. The molecule has 0 bridgehead atoms. The van der Waals surface area contributed by atoms with Gasteiger partial charge in [-0.05, 0) is 12.5 Å². The van der Waals surface area contributed by atoms with Gasteiger partial charge < -0.3 is 9.47 Å². The summed E-state index contributed by atoms with van der Waals surface area (Å²) < 4.78 is 9.46. The molecule has 0 radical (unpaired) electrons. The van der Waals surface area contributed by atoms with E-state index in [2.05, 4.69) is 4.74 Å². The van der Waals surface area contributed by atoms with E-state index < -0.39 is 12.1 Å². The van der Waals surface area contributed by atoms with Gasteiger partial charge in [0.15, 0.2) is 0 Å². The average molecular weight is 251 g/mol. The molecule has 0 heterocycles. The fourth-order valence-corrected chi connectivity index (χ4v) is 1.42. The standard InChI is InChI=1S/C13H17NO4/c1-3-18-13(16)14(10-12(15)17-2)9-11-7-5-4-6-8-11/h4-8H,3,9-10H2,1-2H3. The summed E-state index contributed by atoms with van der Waals surface area (Å²) in [5.41, 5.74) is 0.925. The van der Waals surface area contributed by atoms with Gasteiger partial charge in [-0.25, -0.2) is 4.79 Å². The second-order valence-electron chi connectivity index (χ2n) is 3.62. The average Bonchev–Trinajstić information content (AvgIpc) is 2.39. The normalized spacial score (nSPS) is 9.67. The molecule has 0 N–H and O–H groups in total. The van der Waals surface area contributed by atoms with Crippen molar-refractivity contribution in [1.82, 2.24) is 4.90 Å². The van der Waals surface area contributed by atoms with E-state index in [9.17, 15) is 9.59 Å². The summed E-state index contributed by atoms with van der Waals surface area (Å²) >= 11 is 0. The summed E-state index contributed by atoms with van der Waals surface area (Å²) in [7, 11) is 1.29. The van der Waals surface area contributed by atoms with Crippen LogP contribution in [0.4, 0.5) is 4.79 Å². The van der Waals surface area contributed by atoms with Crippen LogP contribution in [-0.2, 0) is 20.8 Å². The second kappa shape index (κ2) is 7.32. The molecular formula is C13H17NO4. The number of nitrogens with zero attached hydrogens (tertiary/aromatic N) is 1. The molecule has 0 spiro atoms. The van der Waals surface area contributed by atoms with Gasteiger partial charge in [0.25, 0.3) is 0 Å². The summed E-state index contributed by atoms with van der Waals surface area (Å²) in [5, 5.41) is 0. The van der Waals surface area contributed by atoms with Gasteiger partial charge in [0.1, 0.15) is 6.54 Å². The predicted molar refractivity (Wildman–Crippen MR) is 65.9 cm³/mol. The van der Waals surface area contributed by atoms with Crippen LogP contribution < -0.4 is 0 Å². The topological polar surface area (TPSA) is 55.8 Å². The first kappa shape index (κ1) is 14.0. The van der Waals surface area contributed by atoms with Crippen LogP contribution in [0, 0.1) is 0 Å². The van der Waals surface area contributed by atoms with Crippen LogP contribution in [0.15, 0.2) is 30.3 Å². The number of benzene rings is 1. The highest BCUT2D eigenvalue weighted by Crippen LogP contribution is 2.06. The molecule has 0 saturated heterocycles. The Kier molecular flexibility index (Phi) is 5.70. The summed E-state index contributed by atoms with van der Waals surface area (Å²) in [4.78, 5) is 24.3. The molecule has 1 aromatic rings. The maximum absolute atomic E-state index is 11.7. The fraction of sp³-hybridized carbons (Fsp3) is 0.385. The number of esters is 1. The summed E-state index contributed by atoms with van der Waals surface area (Å²) in [6.07, 6.45) is -0.522. The molecule has 0 atom stereocenters. The summed E-state index contributed by atoms with van der Waals surface area (Å²) in [6.45, 7) is 2.18. The number of ether oxygens (including phenoxy) is 2. The van der Waals surface area contributed by atoms with Crippen molar-refractivity contribution in [3.05, 3.63) is 35.9 Å². The first-order valence-corrected chi connectivity index (χ1v) is 5.69. The molecule has 0 aliphatic heterocycles. The van der Waals surface area contributed by atoms with Gasteiger partial charge in [0.05, 0.1) is 13.7 Å². The fourth-order valence-electron chi connectivity index (χ4n) is 1.42. The van der Waals surface area contributed by atoms with Crippen LogP contribution in [0.2, 0.25) is 0 Å². The van der Waals surface area contributed by atoms with Gasteiger partial charge in [-0.15, -0.1) is 0 Å². The van der Waals surface area contributed by atoms with E-state index in [1.807, 2.05) is 30.3 Å². The van der Waals surface area contributed by atoms with Gasteiger partial charge in [-0.1, -0.05) is 30.3 Å². The molecule has 5 nitrogen and oxygen atoms in total. The zero-order valence-electron chi connectivity index (χ0n) is 10.6. The Labute approximate surface area is 106 Å². The molecule has 0 fully saturated rings. The molecule has 0 aromatic heterocycles. The lowest BCUT2D eigenvalue weighted by atomic mass is 10.2. The van der Waals surface area contributed by atoms with E-state index in [1.54, 1.807) is 6.92 Å². The van der Waals surface area contributed by atoms with Crippen LogP contribution in [0.1, 0.15) is 12.5 Å². The van der Waals surface area contributed by atoms with Crippen LogP contribution >= 0.6 is 0 Å². The van der Waals surface area contributed by atoms with Crippen molar-refractivity contribution in [3.8, 4) is 0 Å². The monoisotopic (exact) mass is 251 g/mol. The Morgan fingerprint density at radius 3 is 2.44 bits per heavy atom. The molecule has 0 saturated carbocycles. The highest BCUT2D eigenvalue weighted by Gasteiger charge is 2.18. The molecule has 98 valence electrons. The molecule has 0 unspecified atom stereocenters. The van der Waals surface area contributed by atoms with Crippen molar-refractivity contribution in [3.63, 3.8) is 0 Å². The quantitative estimate of drug-likeness (QED) is 0.749. The van der Waals surface area contributed by atoms with E-state index in [0.29, 0.717) is 6.54 Å². The lowest BCUT2D eigenvalue weighted by Gasteiger charge is -2.20. The van der Waals surface area contributed by atoms with Crippen molar-refractivity contribution in [1.29, 1.82) is 0 Å². The first-order chi connectivity index (χ1) is 8.67. The number of carbonyl (C=O) groups excluding carboxylic acids is 2. The van der Waals surface area contributed by atoms with Crippen LogP contribution in [-0.4, -0.2) is 37.2 Å². The number of amides is 1. The lowest BCUT2D eigenvalue weighted by Crippen LogP contribution is -2.36. The van der Waals surface area contributed by atoms with Gasteiger partial charge in [0, 0.05) is 6.54 Å². The number of rotatable bonds is 5. The molecule has 1 amide bonds. The van der Waals surface area contributed by atoms with Crippen LogP contribution in [0.25, 0.3) is 0 Å². The Morgan fingerprint density at radius 1 is 1.22 bits per heavy atom. The van der Waals surface area contributed by atoms with Gasteiger partial charge in [-0.3, -0.25) is 9.69 Å². The zero-order valence-corrected chi connectivity index (χ0v) is 10.6. The predicted octanol–water partition coefficient (Wildman–Crippen LogP) is 1.82. The Hall–Kier alpha value is -2.04. The molecule has 0 aliphatic rings. The van der Waals surface area contributed by atoms with Crippen molar-refractivity contribution >= 4 is 12.1 Å². The molecule has 5 heteroatoms. The molecule has 0 aliphatic carbocycles. The van der Waals surface area contributed by atoms with Gasteiger partial charge in [0.2, 0.25) is 0 Å². The maximum atomic E-state index is 11.7. The number of hydrogen-bond donors (Lipinski definition) is 0. The lowest BCUT2D eigenvalue weighted by molar-refractivity contribution is -0.141. The van der Waals surface area contributed by atoms with Crippen molar-refractivity contribution in [2.24, 2.45) is 0 Å². The number of carbonyl (C=O) groups is 2. The van der Waals surface area contributed by atoms with E-state index in [0.717, 1.165) is 5.56 Å². The van der Waals surface area contributed by atoms with Gasteiger partial charge in [-0.2, -0.15) is 0 Å². The van der Waals surface area contributed by atoms with Crippen molar-refractivity contribution in [2.75, 3.05) is 20.3 Å². The minimum absolute atomic E-state index is 0.121. The van der Waals surface area contributed by atoms with E-state index >= 15 is 0 Å². The van der Waals surface area contributed by atoms with E-state index in [-0.39, 0.29) is 13.2 Å². The number of hydrogen-bond acceptors (Lipinski definition) is 4. The third kappa shape index (κ3) is 4.45. The summed E-state index contributed by atoms with van der Waals surface area (Å²) in [5.74, 6) is -0.473. The number of methoxy groups -OCH3 is 1. The second-order valence-corrected chi connectivity index (χ2v) is 3.62. The largest absolute Gasteiger partial charge is 0.468 e. The van der Waals surface area contributed by atoms with Crippen molar-refractivity contribution in [2.45, 2.75) is 13.5 Å². The van der Waals surface area contributed by atoms with Crippen molar-refractivity contribution < 1.29 is 19.1 Å². The van der Waals surface area contributed by atoms with E-state index in [1.165, 1.54) is 12.0 Å². The first-order valence-electron chi connectivity index (χ1n) is 5.69. The molecule has 1 aromatic carbocycles. The Balaban J connectivity index is 2.71. The third-order valence-electron chi connectivity index (χ3n) is 2.29. The highest BCUT2D eigenvalue weighted by atomic mass is 16.6. The third-order valence-corrected chi connectivity index (χ3v) is 2.29. The molecule has 18 heavy (non-hydrogen) atoms. The Bertz CT molecular complexity index is 391. The SMILES string of the molecule is CCOC(=O)N(CC(=O)OC)Cc1ccccc1.